The van der Waals surface area contributed by atoms with Gasteiger partial charge in [0, 0.05) is 33.0 Å². The number of carboxylic acid groups (broad SMARTS) is 2. The van der Waals surface area contributed by atoms with E-state index < -0.39 is 40.1 Å². The number of nitrogens with zero attached hydrogens (tertiary/aromatic N) is 4. The van der Waals surface area contributed by atoms with Crippen LogP contribution in [0.1, 0.15) is 276 Å². The summed E-state index contributed by atoms with van der Waals surface area (Å²) in [5.74, 6) is 1.43. The lowest BCUT2D eigenvalue weighted by atomic mass is 9.33. The number of allylic oxidation sites excluding steroid dienone is 4. The molecule has 2 unspecified atom stereocenters. The molecule has 9 aliphatic carbocycles. The molecule has 7 fully saturated rings. The van der Waals surface area contributed by atoms with Crippen LogP contribution in [0.4, 0.5) is 0 Å². The van der Waals surface area contributed by atoms with E-state index in [4.69, 9.17) is 56.8 Å². The second-order valence-corrected chi connectivity index (χ2v) is 38.9. The first-order valence-electron chi connectivity index (χ1n) is 39.3. The van der Waals surface area contributed by atoms with E-state index in [-0.39, 0.29) is 111 Å². The SMILES string of the molecule is CC[C@H](CC[C@@]1(C)[C@H](C)CC[C@]2(C)[C@@H]1CC[C@@H]1C3=C(C(C)C)CC[C@]3(c3nnc(-c4ccc(Cl)cc4)o3)CC[C@]12C)OC(=O)CC(C)(Cc1cc(-c2nnc([C@@]34CC[C@]5(C)[C@H](CC[C@@H]6[C@@]7(C)CC[C@H](OC(=O)CC(C)(C)C(=O)O)C(C)(C)C7CC[C@]65C)C3=C(C(C)C)C(=O)C4)o2)ccc1Cl)C(=O)O. The molecule has 0 radical (unpaired) electrons. The van der Waals surface area contributed by atoms with Crippen molar-refractivity contribution in [2.24, 2.45) is 96.1 Å². The van der Waals surface area contributed by atoms with Gasteiger partial charge in [-0.3, -0.25) is 24.0 Å². The highest BCUT2D eigenvalue weighted by Gasteiger charge is 2.72. The van der Waals surface area contributed by atoms with Crippen molar-refractivity contribution in [3.05, 3.63) is 92.1 Å². The van der Waals surface area contributed by atoms with Crippen LogP contribution in [0.2, 0.25) is 10.0 Å². The highest BCUT2D eigenvalue weighted by Crippen LogP contribution is 2.78. The predicted molar refractivity (Wildman–Crippen MR) is 398 cm³/mol. The molecule has 0 aliphatic heterocycles. The van der Waals surface area contributed by atoms with Crippen molar-refractivity contribution >= 4 is 52.9 Å². The molecular weight excluding hydrogens is 1340 g/mol. The molecule has 4 aromatic rings. The fourth-order valence-corrected chi connectivity index (χ4v) is 25.5. The number of ketones is 1. The third kappa shape index (κ3) is 11.8. The molecule has 17 atom stereocenters. The maximum atomic E-state index is 14.8. The maximum Gasteiger partial charge on any atom is 0.310 e. The number of carboxylic acids is 2. The fourth-order valence-electron chi connectivity index (χ4n) is 25.2. The number of benzene rings is 2. The minimum absolute atomic E-state index is 0.0214. The molecule has 9 aliphatic rings. The highest BCUT2D eigenvalue weighted by molar-refractivity contribution is 6.31. The average Bonchev–Trinajstić information content (AvgIpc) is 1.53. The Hall–Kier alpha value is -5.67. The second-order valence-electron chi connectivity index (χ2n) is 38.0. The van der Waals surface area contributed by atoms with Crippen molar-refractivity contribution in [2.45, 2.75) is 288 Å². The minimum atomic E-state index is -1.58. The number of hydrogen-bond donors (Lipinski definition) is 2. The van der Waals surface area contributed by atoms with E-state index in [1.165, 1.54) is 12.0 Å². The summed E-state index contributed by atoms with van der Waals surface area (Å²) in [6.07, 6.45) is 16.8. The highest BCUT2D eigenvalue weighted by atomic mass is 35.5. The summed E-state index contributed by atoms with van der Waals surface area (Å²) in [6.45, 7) is 38.0. The number of esters is 2. The zero-order valence-corrected chi connectivity index (χ0v) is 66.2. The zero-order valence-electron chi connectivity index (χ0n) is 64.7. The number of fused-ring (bicyclic) bond motifs is 12. The summed E-state index contributed by atoms with van der Waals surface area (Å²) in [5.41, 5.74) is 2.81. The van der Waals surface area contributed by atoms with Crippen molar-refractivity contribution in [1.82, 2.24) is 20.4 Å². The Morgan fingerprint density at radius 3 is 1.84 bits per heavy atom. The number of rotatable bonds is 20. The number of carbonyl (C=O) groups is 5. The molecule has 2 aromatic carbocycles. The van der Waals surface area contributed by atoms with E-state index in [0.717, 1.165) is 113 Å². The van der Waals surface area contributed by atoms with Crippen LogP contribution < -0.4 is 0 Å². The Balaban J connectivity index is 0.687. The number of aliphatic carboxylic acids is 2. The third-order valence-electron chi connectivity index (χ3n) is 31.7. The van der Waals surface area contributed by atoms with Crippen molar-refractivity contribution in [3.8, 4) is 22.9 Å². The van der Waals surface area contributed by atoms with Crippen LogP contribution in [-0.2, 0) is 50.7 Å². The van der Waals surface area contributed by atoms with Crippen LogP contribution >= 0.6 is 23.2 Å². The summed E-state index contributed by atoms with van der Waals surface area (Å²) >= 11 is 13.3. The van der Waals surface area contributed by atoms with Gasteiger partial charge in [-0.2, -0.15) is 0 Å². The molecule has 0 amide bonds. The van der Waals surface area contributed by atoms with Gasteiger partial charge in [-0.1, -0.05) is 131 Å². The Morgan fingerprint density at radius 2 is 1.22 bits per heavy atom. The smallest absolute Gasteiger partial charge is 0.310 e. The summed E-state index contributed by atoms with van der Waals surface area (Å²) in [5, 5.41) is 41.0. The van der Waals surface area contributed by atoms with E-state index in [9.17, 15) is 34.2 Å². The summed E-state index contributed by atoms with van der Waals surface area (Å²) in [4.78, 5) is 68.1. The van der Waals surface area contributed by atoms with Gasteiger partial charge in [-0.15, -0.1) is 20.4 Å². The van der Waals surface area contributed by atoms with Crippen molar-refractivity contribution in [1.29, 1.82) is 0 Å². The summed E-state index contributed by atoms with van der Waals surface area (Å²) in [7, 11) is 0. The first-order chi connectivity index (χ1) is 48.2. The Morgan fingerprint density at radius 1 is 0.631 bits per heavy atom. The van der Waals surface area contributed by atoms with Crippen LogP contribution in [0.15, 0.2) is 73.6 Å². The van der Waals surface area contributed by atoms with Gasteiger partial charge in [0.25, 0.3) is 0 Å². The first-order valence-corrected chi connectivity index (χ1v) is 40.1. The van der Waals surface area contributed by atoms with Gasteiger partial charge in [0.2, 0.25) is 23.6 Å². The average molecular weight is 1450 g/mol. The van der Waals surface area contributed by atoms with Crippen LogP contribution in [0.5, 0.6) is 0 Å². The van der Waals surface area contributed by atoms with E-state index in [1.54, 1.807) is 44.1 Å². The normalized spacial score (nSPS) is 36.2. The van der Waals surface area contributed by atoms with Crippen LogP contribution in [0, 0.1) is 96.1 Å². The third-order valence-corrected chi connectivity index (χ3v) is 32.3. The molecule has 0 saturated heterocycles. The molecule has 17 heteroatoms. The quantitative estimate of drug-likeness (QED) is 0.0620. The van der Waals surface area contributed by atoms with E-state index >= 15 is 0 Å². The van der Waals surface area contributed by atoms with Gasteiger partial charge in [0.1, 0.15) is 12.2 Å². The van der Waals surface area contributed by atoms with Gasteiger partial charge < -0.3 is 28.5 Å². The molecule has 2 N–H and O–H groups in total. The molecule has 103 heavy (non-hydrogen) atoms. The van der Waals surface area contributed by atoms with Gasteiger partial charge in [0.15, 0.2) is 5.78 Å². The summed E-state index contributed by atoms with van der Waals surface area (Å²) in [6, 6.07) is 13.0. The number of hydrogen-bond acceptors (Lipinski definition) is 13. The van der Waals surface area contributed by atoms with Gasteiger partial charge in [-0.25, -0.2) is 0 Å². The number of Topliss-reactive ketones (excluding diaryl/α,β-unsaturated/α-hetero) is 1. The number of ether oxygens (including phenoxy) is 2. The molecular formula is C86H116Cl2N4O11. The number of halogens is 2. The largest absolute Gasteiger partial charge is 0.481 e. The molecule has 15 nitrogen and oxygen atoms in total. The van der Waals surface area contributed by atoms with Crippen molar-refractivity contribution in [3.63, 3.8) is 0 Å². The molecule has 560 valence electrons. The minimum Gasteiger partial charge on any atom is -0.481 e. The van der Waals surface area contributed by atoms with Crippen LogP contribution in [0.25, 0.3) is 22.9 Å². The van der Waals surface area contributed by atoms with Crippen molar-refractivity contribution < 1.29 is 52.5 Å². The fraction of sp³-hybridized carbons (Fsp3) is 0.709. The van der Waals surface area contributed by atoms with E-state index in [0.29, 0.717) is 81.8 Å². The van der Waals surface area contributed by atoms with E-state index in [1.807, 2.05) is 30.3 Å². The Kier molecular flexibility index (Phi) is 19.3. The van der Waals surface area contributed by atoms with Gasteiger partial charge in [0.05, 0.1) is 34.5 Å². The standard InChI is InChI=1S/C86H116Cl2N4O11/c1-18-55(30-34-79(12)50(6)29-36-83(16)62(79)27-24-57-68-56(48(2)3)31-38-85(68,41-39-81(57,83)14)72-91-89-70(102-72)51-19-22-54(87)23-20-51)100-66(95)47-78(11,75(98)99)44-53-43-52(21-26-59(53)88)71-90-92-73(103-71)86-42-40-82(15)58(69(86)67(49(4)5)60(93)45-86)25-28-63-80(13)35-33-64(101-65(94)46-76(7,8)74(96)97)77(9,10)61(80)32-37-84(63,82)17/h19-23,26,43,48-50,55,57-58,61-64H,18,24-25,27-42,44-47H2,1-17H3,(H,96,97)(H,98,99)/t50-,55-,57-,58-,61?,62-,63-,64+,78?,79+,80+,81-,82-,83-,84-,85+,86-/m1/s1. The lowest BCUT2D eigenvalue weighted by molar-refractivity contribution is -0.232. The monoisotopic (exact) mass is 1450 g/mol. The lowest BCUT2D eigenvalue weighted by Crippen LogP contribution is -2.66. The second kappa shape index (κ2) is 26.3. The number of carbonyl (C=O) groups excluding carboxylic acids is 3. The molecule has 7 saturated carbocycles. The first kappa shape index (κ1) is 75.6. The van der Waals surface area contributed by atoms with Crippen LogP contribution in [0.3, 0.4) is 0 Å². The molecule has 13 rings (SSSR count). The van der Waals surface area contributed by atoms with E-state index in [2.05, 4.69) is 102 Å². The van der Waals surface area contributed by atoms with Crippen molar-refractivity contribution in [2.75, 3.05) is 0 Å². The lowest BCUT2D eigenvalue weighted by Gasteiger charge is -2.72. The zero-order chi connectivity index (χ0) is 74.5. The van der Waals surface area contributed by atoms with Gasteiger partial charge in [-0.05, 0) is 288 Å². The predicted octanol–water partition coefficient (Wildman–Crippen LogP) is 20.8. The number of aromatic nitrogens is 4. The molecule has 0 bridgehead atoms. The molecule has 2 heterocycles. The Bertz CT molecular complexity index is 4090. The Labute approximate surface area is 621 Å². The molecule has 2 aromatic heterocycles. The summed E-state index contributed by atoms with van der Waals surface area (Å²) < 4.78 is 26.3. The maximum absolute atomic E-state index is 14.8. The topological polar surface area (TPSA) is 222 Å². The molecule has 0 spiro atoms. The van der Waals surface area contributed by atoms with Crippen LogP contribution in [-0.4, -0.2) is 72.5 Å². The van der Waals surface area contributed by atoms with Gasteiger partial charge >= 0.3 is 23.9 Å².